The van der Waals surface area contributed by atoms with Crippen molar-refractivity contribution in [1.82, 2.24) is 0 Å². The lowest BCUT2D eigenvalue weighted by atomic mass is 10.0. The van der Waals surface area contributed by atoms with Gasteiger partial charge in [0, 0.05) is 0 Å². The molecule has 0 fully saturated rings. The topological polar surface area (TPSA) is 26.3 Å². The van der Waals surface area contributed by atoms with Gasteiger partial charge in [0.2, 0.25) is 0 Å². The number of hydrogen-bond acceptors (Lipinski definition) is 2. The number of esters is 1. The first-order valence-corrected chi connectivity index (χ1v) is 7.99. The standard InChI is InChI=1S/C18H28O2/c1-3-5-6-7-8-9-10-16-11-13-17(14-12-16)15-18(19)20-4-2/h11-14H,3-10,15H2,1-2H3. The number of hydrogen-bond donors (Lipinski definition) is 0. The Kier molecular flexibility index (Phi) is 8.77. The normalized spacial score (nSPS) is 10.5. The van der Waals surface area contributed by atoms with Crippen molar-refractivity contribution in [2.75, 3.05) is 6.61 Å². The van der Waals surface area contributed by atoms with E-state index in [-0.39, 0.29) is 5.97 Å². The second kappa shape index (κ2) is 10.5. The Morgan fingerprint density at radius 3 is 2.15 bits per heavy atom. The third kappa shape index (κ3) is 7.32. The highest BCUT2D eigenvalue weighted by Crippen LogP contribution is 2.11. The molecule has 2 heteroatoms. The molecule has 0 saturated heterocycles. The summed E-state index contributed by atoms with van der Waals surface area (Å²) in [7, 11) is 0. The van der Waals surface area contributed by atoms with E-state index in [2.05, 4.69) is 19.1 Å². The summed E-state index contributed by atoms with van der Waals surface area (Å²) >= 11 is 0. The maximum atomic E-state index is 11.4. The van der Waals surface area contributed by atoms with Gasteiger partial charge in [-0.2, -0.15) is 0 Å². The van der Waals surface area contributed by atoms with Crippen LogP contribution in [0.2, 0.25) is 0 Å². The van der Waals surface area contributed by atoms with E-state index in [1.165, 1.54) is 44.1 Å². The second-order valence-corrected chi connectivity index (χ2v) is 5.32. The molecule has 0 amide bonds. The van der Waals surface area contributed by atoms with Gasteiger partial charge in [0.1, 0.15) is 0 Å². The van der Waals surface area contributed by atoms with Gasteiger partial charge < -0.3 is 4.74 Å². The van der Waals surface area contributed by atoms with Gasteiger partial charge in [-0.3, -0.25) is 4.79 Å². The van der Waals surface area contributed by atoms with Crippen molar-refractivity contribution in [3.05, 3.63) is 35.4 Å². The Morgan fingerprint density at radius 2 is 1.50 bits per heavy atom. The largest absolute Gasteiger partial charge is 0.466 e. The van der Waals surface area contributed by atoms with Crippen molar-refractivity contribution in [2.45, 2.75) is 65.2 Å². The summed E-state index contributed by atoms with van der Waals surface area (Å²) < 4.78 is 4.95. The summed E-state index contributed by atoms with van der Waals surface area (Å²) in [6, 6.07) is 8.37. The zero-order valence-electron chi connectivity index (χ0n) is 13.0. The molecule has 0 radical (unpaired) electrons. The van der Waals surface area contributed by atoms with Gasteiger partial charge in [-0.15, -0.1) is 0 Å². The molecule has 0 bridgehead atoms. The van der Waals surface area contributed by atoms with Gasteiger partial charge in [0.05, 0.1) is 13.0 Å². The Balaban J connectivity index is 2.23. The van der Waals surface area contributed by atoms with Crippen LogP contribution in [0.4, 0.5) is 0 Å². The first-order chi connectivity index (χ1) is 9.76. The quantitative estimate of drug-likeness (QED) is 0.457. The minimum absolute atomic E-state index is 0.142. The number of carbonyl (C=O) groups excluding carboxylic acids is 1. The highest BCUT2D eigenvalue weighted by Gasteiger charge is 2.03. The van der Waals surface area contributed by atoms with Crippen LogP contribution in [-0.4, -0.2) is 12.6 Å². The van der Waals surface area contributed by atoms with Crippen molar-refractivity contribution in [3.8, 4) is 0 Å². The van der Waals surface area contributed by atoms with Gasteiger partial charge in [-0.05, 0) is 30.9 Å². The van der Waals surface area contributed by atoms with Crippen molar-refractivity contribution < 1.29 is 9.53 Å². The summed E-state index contributed by atoms with van der Waals surface area (Å²) in [4.78, 5) is 11.4. The monoisotopic (exact) mass is 276 g/mol. The van der Waals surface area contributed by atoms with Crippen LogP contribution in [0.15, 0.2) is 24.3 Å². The lowest BCUT2D eigenvalue weighted by Gasteiger charge is -2.05. The minimum atomic E-state index is -0.142. The van der Waals surface area contributed by atoms with Crippen LogP contribution in [0, 0.1) is 0 Å². The molecule has 20 heavy (non-hydrogen) atoms. The summed E-state index contributed by atoms with van der Waals surface area (Å²) in [5, 5.41) is 0. The van der Waals surface area contributed by atoms with Crippen LogP contribution < -0.4 is 0 Å². The molecule has 0 spiro atoms. The highest BCUT2D eigenvalue weighted by molar-refractivity contribution is 5.72. The molecule has 0 atom stereocenters. The Morgan fingerprint density at radius 1 is 0.900 bits per heavy atom. The lowest BCUT2D eigenvalue weighted by Crippen LogP contribution is -2.07. The predicted molar refractivity (Wildman–Crippen MR) is 83.9 cm³/mol. The molecule has 0 aromatic heterocycles. The van der Waals surface area contributed by atoms with Gasteiger partial charge >= 0.3 is 5.97 Å². The van der Waals surface area contributed by atoms with E-state index in [9.17, 15) is 4.79 Å². The zero-order valence-corrected chi connectivity index (χ0v) is 13.0. The van der Waals surface area contributed by atoms with Crippen LogP contribution in [-0.2, 0) is 22.4 Å². The number of benzene rings is 1. The summed E-state index contributed by atoms with van der Waals surface area (Å²) in [5.41, 5.74) is 2.41. The van der Waals surface area contributed by atoms with Crippen molar-refractivity contribution in [2.24, 2.45) is 0 Å². The van der Waals surface area contributed by atoms with E-state index in [0.29, 0.717) is 13.0 Å². The van der Waals surface area contributed by atoms with Gasteiger partial charge in [0.25, 0.3) is 0 Å². The molecular weight excluding hydrogens is 248 g/mol. The predicted octanol–water partition coefficient (Wildman–Crippen LogP) is 4.70. The number of ether oxygens (including phenoxy) is 1. The van der Waals surface area contributed by atoms with Gasteiger partial charge in [-0.25, -0.2) is 0 Å². The molecule has 1 aromatic carbocycles. The van der Waals surface area contributed by atoms with Crippen LogP contribution in [0.1, 0.15) is 63.5 Å². The van der Waals surface area contributed by atoms with E-state index in [1.54, 1.807) is 0 Å². The molecule has 1 rings (SSSR count). The van der Waals surface area contributed by atoms with Crippen LogP contribution in [0.25, 0.3) is 0 Å². The van der Waals surface area contributed by atoms with Crippen LogP contribution >= 0.6 is 0 Å². The number of aryl methyl sites for hydroxylation is 1. The number of unbranched alkanes of at least 4 members (excludes halogenated alkanes) is 5. The first kappa shape index (κ1) is 16.7. The molecule has 0 aliphatic carbocycles. The summed E-state index contributed by atoms with van der Waals surface area (Å²) in [6.45, 7) is 4.54. The molecule has 112 valence electrons. The maximum Gasteiger partial charge on any atom is 0.310 e. The van der Waals surface area contributed by atoms with E-state index < -0.39 is 0 Å². The van der Waals surface area contributed by atoms with Crippen molar-refractivity contribution in [1.29, 1.82) is 0 Å². The third-order valence-corrected chi connectivity index (χ3v) is 3.50. The molecule has 0 aliphatic rings. The van der Waals surface area contributed by atoms with Crippen molar-refractivity contribution in [3.63, 3.8) is 0 Å². The fourth-order valence-electron chi connectivity index (χ4n) is 2.31. The molecule has 0 saturated carbocycles. The van der Waals surface area contributed by atoms with Gasteiger partial charge in [-0.1, -0.05) is 63.3 Å². The van der Waals surface area contributed by atoms with E-state index in [1.807, 2.05) is 19.1 Å². The molecule has 2 nitrogen and oxygen atoms in total. The number of rotatable bonds is 10. The molecule has 1 aromatic rings. The van der Waals surface area contributed by atoms with E-state index in [4.69, 9.17) is 4.74 Å². The van der Waals surface area contributed by atoms with Crippen LogP contribution in [0.5, 0.6) is 0 Å². The Hall–Kier alpha value is -1.31. The van der Waals surface area contributed by atoms with E-state index in [0.717, 1.165) is 12.0 Å². The SMILES string of the molecule is CCCCCCCCc1ccc(CC(=O)OCC)cc1. The number of carbonyl (C=O) groups is 1. The van der Waals surface area contributed by atoms with E-state index >= 15 is 0 Å². The van der Waals surface area contributed by atoms with Crippen LogP contribution in [0.3, 0.4) is 0 Å². The average molecular weight is 276 g/mol. The fraction of sp³-hybridized carbons (Fsp3) is 0.611. The molecule has 0 heterocycles. The molecule has 0 unspecified atom stereocenters. The average Bonchev–Trinajstić information content (AvgIpc) is 2.45. The van der Waals surface area contributed by atoms with Gasteiger partial charge in [0.15, 0.2) is 0 Å². The first-order valence-electron chi connectivity index (χ1n) is 7.99. The Labute approximate surface area is 123 Å². The fourth-order valence-corrected chi connectivity index (χ4v) is 2.31. The molecular formula is C18H28O2. The summed E-state index contributed by atoms with van der Waals surface area (Å²) in [5.74, 6) is -0.142. The van der Waals surface area contributed by atoms with Crippen molar-refractivity contribution >= 4 is 5.97 Å². The lowest BCUT2D eigenvalue weighted by molar-refractivity contribution is -0.142. The summed E-state index contributed by atoms with van der Waals surface area (Å²) in [6.07, 6.45) is 9.51. The Bertz CT molecular complexity index is 368. The zero-order chi connectivity index (χ0) is 14.6. The second-order valence-electron chi connectivity index (χ2n) is 5.32. The molecule has 0 aliphatic heterocycles. The highest BCUT2D eigenvalue weighted by atomic mass is 16.5. The minimum Gasteiger partial charge on any atom is -0.466 e. The molecule has 0 N–H and O–H groups in total. The smallest absolute Gasteiger partial charge is 0.310 e. The third-order valence-electron chi connectivity index (χ3n) is 3.50. The maximum absolute atomic E-state index is 11.4.